The topological polar surface area (TPSA) is 88.2 Å². The number of carboxylic acids is 1. The van der Waals surface area contributed by atoms with Gasteiger partial charge in [0.05, 0.1) is 11.3 Å². The molecule has 0 saturated heterocycles. The summed E-state index contributed by atoms with van der Waals surface area (Å²) >= 11 is 0. The van der Waals surface area contributed by atoms with Crippen molar-refractivity contribution >= 4 is 17.5 Å². The van der Waals surface area contributed by atoms with Crippen molar-refractivity contribution in [1.82, 2.24) is 4.98 Å². The average Bonchev–Trinajstić information content (AvgIpc) is 2.84. The predicted molar refractivity (Wildman–Crippen MR) is 66.0 cm³/mol. The van der Waals surface area contributed by atoms with Gasteiger partial charge in [0.15, 0.2) is 0 Å². The molecule has 0 aromatic carbocycles. The molecule has 1 aromatic heterocycles. The smallest absolute Gasteiger partial charge is 0.337 e. The van der Waals surface area contributed by atoms with Crippen molar-refractivity contribution in [2.75, 3.05) is 17.6 Å². The third kappa shape index (κ3) is 2.33. The van der Waals surface area contributed by atoms with E-state index in [9.17, 15) is 4.79 Å². The van der Waals surface area contributed by atoms with Gasteiger partial charge in [-0.2, -0.15) is 0 Å². The maximum absolute atomic E-state index is 10.9. The Kier molecular flexibility index (Phi) is 2.69. The van der Waals surface area contributed by atoms with E-state index >= 15 is 0 Å². The number of nitrogens with one attached hydrogen (secondary N) is 1. The monoisotopic (exact) mass is 235 g/mol. The van der Waals surface area contributed by atoms with E-state index < -0.39 is 5.97 Å². The van der Waals surface area contributed by atoms with Gasteiger partial charge in [-0.1, -0.05) is 13.8 Å². The van der Waals surface area contributed by atoms with Gasteiger partial charge in [-0.25, -0.2) is 9.78 Å². The molecular formula is C12H17N3O2. The zero-order valence-corrected chi connectivity index (χ0v) is 10.0. The summed E-state index contributed by atoms with van der Waals surface area (Å²) in [5.41, 5.74) is 6.44. The SMILES string of the molecule is CC1(C)CC1CNc1nccc(C(=O)O)c1N. The molecule has 1 aliphatic carbocycles. The number of hydrogen-bond acceptors (Lipinski definition) is 4. The van der Waals surface area contributed by atoms with Crippen LogP contribution in [0.3, 0.4) is 0 Å². The molecule has 1 aromatic rings. The summed E-state index contributed by atoms with van der Waals surface area (Å²) < 4.78 is 0. The summed E-state index contributed by atoms with van der Waals surface area (Å²) in [6.45, 7) is 5.21. The normalized spacial score (nSPS) is 20.9. The number of nitrogen functional groups attached to an aromatic ring is 1. The highest BCUT2D eigenvalue weighted by Crippen LogP contribution is 2.51. The number of rotatable bonds is 4. The van der Waals surface area contributed by atoms with Crippen LogP contribution in [0, 0.1) is 11.3 Å². The van der Waals surface area contributed by atoms with Crippen LogP contribution in [0.5, 0.6) is 0 Å². The lowest BCUT2D eigenvalue weighted by Crippen LogP contribution is -2.12. The average molecular weight is 235 g/mol. The summed E-state index contributed by atoms with van der Waals surface area (Å²) in [6, 6.07) is 1.41. The minimum atomic E-state index is -1.03. The summed E-state index contributed by atoms with van der Waals surface area (Å²) in [7, 11) is 0. The fourth-order valence-electron chi connectivity index (χ4n) is 1.95. The Morgan fingerprint density at radius 3 is 2.88 bits per heavy atom. The maximum Gasteiger partial charge on any atom is 0.337 e. The number of anilines is 2. The third-order valence-electron chi connectivity index (χ3n) is 3.45. The molecule has 92 valence electrons. The largest absolute Gasteiger partial charge is 0.478 e. The first-order valence-corrected chi connectivity index (χ1v) is 5.63. The standard InChI is InChI=1S/C12H17N3O2/c1-12(2)5-7(12)6-15-10-9(13)8(11(16)17)3-4-14-10/h3-4,7H,5-6,13H2,1-2H3,(H,14,15)(H,16,17). The van der Waals surface area contributed by atoms with Crippen molar-refractivity contribution in [2.24, 2.45) is 11.3 Å². The van der Waals surface area contributed by atoms with Crippen LogP contribution in [-0.4, -0.2) is 22.6 Å². The molecule has 0 amide bonds. The van der Waals surface area contributed by atoms with Crippen LogP contribution in [0.25, 0.3) is 0 Å². The molecule has 5 heteroatoms. The highest BCUT2D eigenvalue weighted by Gasteiger charge is 2.45. The van der Waals surface area contributed by atoms with E-state index in [-0.39, 0.29) is 11.3 Å². The lowest BCUT2D eigenvalue weighted by Gasteiger charge is -2.10. The molecule has 2 rings (SSSR count). The van der Waals surface area contributed by atoms with Gasteiger partial charge in [0.1, 0.15) is 5.82 Å². The van der Waals surface area contributed by atoms with Gasteiger partial charge in [-0.3, -0.25) is 0 Å². The number of aromatic nitrogens is 1. The van der Waals surface area contributed by atoms with Gasteiger partial charge in [0.25, 0.3) is 0 Å². The van der Waals surface area contributed by atoms with Crippen LogP contribution in [0.1, 0.15) is 30.6 Å². The van der Waals surface area contributed by atoms with Gasteiger partial charge < -0.3 is 16.2 Å². The number of carboxylic acid groups (broad SMARTS) is 1. The van der Waals surface area contributed by atoms with E-state index in [0.29, 0.717) is 17.2 Å². The second kappa shape index (κ2) is 3.91. The quantitative estimate of drug-likeness (QED) is 0.740. The summed E-state index contributed by atoms with van der Waals surface area (Å²) in [5, 5.41) is 12.1. The fraction of sp³-hybridized carbons (Fsp3) is 0.500. The van der Waals surface area contributed by atoms with Crippen molar-refractivity contribution in [3.8, 4) is 0 Å². The van der Waals surface area contributed by atoms with Gasteiger partial charge in [0, 0.05) is 12.7 Å². The van der Waals surface area contributed by atoms with E-state index in [1.165, 1.54) is 18.7 Å². The highest BCUT2D eigenvalue weighted by molar-refractivity contribution is 5.96. The number of nitrogens with two attached hydrogens (primary N) is 1. The molecule has 1 aliphatic rings. The molecule has 1 fully saturated rings. The Bertz CT molecular complexity index is 457. The van der Waals surface area contributed by atoms with Crippen LogP contribution < -0.4 is 11.1 Å². The molecular weight excluding hydrogens is 218 g/mol. The third-order valence-corrected chi connectivity index (χ3v) is 3.45. The van der Waals surface area contributed by atoms with Crippen LogP contribution in [-0.2, 0) is 0 Å². The summed E-state index contributed by atoms with van der Waals surface area (Å²) in [6.07, 6.45) is 2.64. The lowest BCUT2D eigenvalue weighted by molar-refractivity contribution is 0.0698. The molecule has 1 unspecified atom stereocenters. The van der Waals surface area contributed by atoms with Crippen LogP contribution in [0.4, 0.5) is 11.5 Å². The van der Waals surface area contributed by atoms with Gasteiger partial charge >= 0.3 is 5.97 Å². The van der Waals surface area contributed by atoms with E-state index in [4.69, 9.17) is 10.8 Å². The van der Waals surface area contributed by atoms with E-state index in [1.807, 2.05) is 0 Å². The van der Waals surface area contributed by atoms with Crippen LogP contribution in [0.2, 0.25) is 0 Å². The van der Waals surface area contributed by atoms with E-state index in [2.05, 4.69) is 24.1 Å². The van der Waals surface area contributed by atoms with E-state index in [1.54, 1.807) is 0 Å². The predicted octanol–water partition coefficient (Wildman–Crippen LogP) is 1.82. The second-order valence-corrected chi connectivity index (χ2v) is 5.20. The zero-order chi connectivity index (χ0) is 12.6. The number of pyridine rings is 1. The maximum atomic E-state index is 10.9. The molecule has 0 spiro atoms. The molecule has 5 nitrogen and oxygen atoms in total. The van der Waals surface area contributed by atoms with Crippen molar-refractivity contribution in [1.29, 1.82) is 0 Å². The van der Waals surface area contributed by atoms with Gasteiger partial charge in [-0.15, -0.1) is 0 Å². The first-order chi connectivity index (χ1) is 7.92. The lowest BCUT2D eigenvalue weighted by atomic mass is 10.1. The molecule has 17 heavy (non-hydrogen) atoms. The number of hydrogen-bond donors (Lipinski definition) is 3. The molecule has 0 radical (unpaired) electrons. The van der Waals surface area contributed by atoms with E-state index in [0.717, 1.165) is 6.54 Å². The van der Waals surface area contributed by atoms with Crippen molar-refractivity contribution in [2.45, 2.75) is 20.3 Å². The highest BCUT2D eigenvalue weighted by atomic mass is 16.4. The Labute approximate surface area is 100 Å². The molecule has 1 saturated carbocycles. The van der Waals surface area contributed by atoms with Gasteiger partial charge in [0.2, 0.25) is 0 Å². The Morgan fingerprint density at radius 2 is 2.35 bits per heavy atom. The minimum absolute atomic E-state index is 0.0950. The Balaban J connectivity index is 2.06. The van der Waals surface area contributed by atoms with Crippen LogP contribution >= 0.6 is 0 Å². The van der Waals surface area contributed by atoms with Gasteiger partial charge in [-0.05, 0) is 23.8 Å². The van der Waals surface area contributed by atoms with Crippen molar-refractivity contribution in [3.05, 3.63) is 17.8 Å². The first-order valence-electron chi connectivity index (χ1n) is 5.63. The number of carbonyl (C=O) groups is 1. The van der Waals surface area contributed by atoms with Crippen LogP contribution in [0.15, 0.2) is 12.3 Å². The summed E-state index contributed by atoms with van der Waals surface area (Å²) in [4.78, 5) is 15.0. The molecule has 0 aliphatic heterocycles. The fourth-order valence-corrected chi connectivity index (χ4v) is 1.95. The second-order valence-electron chi connectivity index (χ2n) is 5.20. The Hall–Kier alpha value is -1.78. The van der Waals surface area contributed by atoms with Crippen molar-refractivity contribution in [3.63, 3.8) is 0 Å². The first kappa shape index (κ1) is 11.7. The number of aromatic carboxylic acids is 1. The molecule has 1 atom stereocenters. The summed E-state index contributed by atoms with van der Waals surface area (Å²) in [5.74, 6) is 0.0458. The zero-order valence-electron chi connectivity index (χ0n) is 10.0. The Morgan fingerprint density at radius 1 is 1.71 bits per heavy atom. The molecule has 4 N–H and O–H groups in total. The van der Waals surface area contributed by atoms with Crippen molar-refractivity contribution < 1.29 is 9.90 Å². The molecule has 0 bridgehead atoms. The molecule has 1 heterocycles. The minimum Gasteiger partial charge on any atom is -0.478 e. The number of nitrogens with zero attached hydrogens (tertiary/aromatic N) is 1.